The van der Waals surface area contributed by atoms with Gasteiger partial charge in [0, 0.05) is 18.5 Å². The molecular formula is C13H14Cl2N2O3. The average Bonchev–Trinajstić information content (AvgIpc) is 2.85. The minimum absolute atomic E-state index is 0.130. The van der Waals surface area contributed by atoms with Gasteiger partial charge < -0.3 is 14.4 Å². The lowest BCUT2D eigenvalue weighted by Crippen LogP contribution is -2.51. The van der Waals surface area contributed by atoms with E-state index in [-0.39, 0.29) is 16.2 Å². The predicted molar refractivity (Wildman–Crippen MR) is 74.0 cm³/mol. The molecule has 0 radical (unpaired) electrons. The molecule has 2 aliphatic heterocycles. The number of nitrogens with zero attached hydrogens (tertiary/aromatic N) is 2. The van der Waals surface area contributed by atoms with Gasteiger partial charge in [0.05, 0.1) is 19.8 Å². The number of ether oxygens (including phenoxy) is 2. The highest BCUT2D eigenvalue weighted by atomic mass is 35.5. The van der Waals surface area contributed by atoms with Crippen LogP contribution in [-0.2, 0) is 9.47 Å². The Kier molecular flexibility index (Phi) is 3.86. The summed E-state index contributed by atoms with van der Waals surface area (Å²) in [5.41, 5.74) is 0.435. The fourth-order valence-electron chi connectivity index (χ4n) is 2.67. The Morgan fingerprint density at radius 1 is 1.25 bits per heavy atom. The van der Waals surface area contributed by atoms with Crippen LogP contribution in [-0.4, -0.2) is 47.9 Å². The van der Waals surface area contributed by atoms with Crippen molar-refractivity contribution in [3.8, 4) is 0 Å². The molecule has 0 aliphatic carbocycles. The largest absolute Gasteiger partial charge is 0.346 e. The molecule has 0 unspecified atom stereocenters. The van der Waals surface area contributed by atoms with E-state index in [1.54, 1.807) is 4.90 Å². The van der Waals surface area contributed by atoms with E-state index in [1.165, 1.54) is 12.1 Å². The molecular weight excluding hydrogens is 303 g/mol. The van der Waals surface area contributed by atoms with Gasteiger partial charge in [-0.15, -0.1) is 0 Å². The topological polar surface area (TPSA) is 51.7 Å². The third-order valence-corrected chi connectivity index (χ3v) is 3.92. The Labute approximate surface area is 126 Å². The molecule has 1 spiro atoms. The van der Waals surface area contributed by atoms with Gasteiger partial charge in [0.25, 0.3) is 5.91 Å². The van der Waals surface area contributed by atoms with Crippen molar-refractivity contribution in [2.75, 3.05) is 26.3 Å². The molecule has 0 aromatic carbocycles. The number of hydrogen-bond donors (Lipinski definition) is 0. The van der Waals surface area contributed by atoms with Crippen LogP contribution in [0.25, 0.3) is 0 Å². The van der Waals surface area contributed by atoms with Crippen LogP contribution in [0.5, 0.6) is 0 Å². The highest BCUT2D eigenvalue weighted by Crippen LogP contribution is 2.31. The fourth-order valence-corrected chi connectivity index (χ4v) is 3.13. The van der Waals surface area contributed by atoms with Crippen LogP contribution in [0.4, 0.5) is 0 Å². The zero-order chi connectivity index (χ0) is 14.2. The van der Waals surface area contributed by atoms with Crippen molar-refractivity contribution in [3.63, 3.8) is 0 Å². The Balaban J connectivity index is 1.79. The van der Waals surface area contributed by atoms with E-state index >= 15 is 0 Å². The third kappa shape index (κ3) is 2.76. The maximum atomic E-state index is 12.5. The second-order valence-electron chi connectivity index (χ2n) is 4.94. The summed E-state index contributed by atoms with van der Waals surface area (Å²) in [4.78, 5) is 18.1. The normalized spacial score (nSPS) is 21.4. The van der Waals surface area contributed by atoms with E-state index in [9.17, 15) is 4.79 Å². The van der Waals surface area contributed by atoms with Crippen LogP contribution in [0.15, 0.2) is 12.1 Å². The van der Waals surface area contributed by atoms with Gasteiger partial charge in [0.15, 0.2) is 5.79 Å². The number of amides is 1. The van der Waals surface area contributed by atoms with Gasteiger partial charge in [-0.1, -0.05) is 23.2 Å². The molecule has 7 heteroatoms. The van der Waals surface area contributed by atoms with Gasteiger partial charge >= 0.3 is 0 Å². The number of piperidine rings is 1. The first-order valence-electron chi connectivity index (χ1n) is 6.48. The van der Waals surface area contributed by atoms with Gasteiger partial charge in [-0.25, -0.2) is 4.98 Å². The first-order valence-corrected chi connectivity index (χ1v) is 7.24. The van der Waals surface area contributed by atoms with E-state index in [4.69, 9.17) is 32.7 Å². The molecule has 0 saturated carbocycles. The second kappa shape index (κ2) is 5.48. The zero-order valence-corrected chi connectivity index (χ0v) is 12.3. The molecule has 3 heterocycles. The highest BCUT2D eigenvalue weighted by molar-refractivity contribution is 6.33. The lowest BCUT2D eigenvalue weighted by molar-refractivity contribution is -0.183. The lowest BCUT2D eigenvalue weighted by Gasteiger charge is -2.38. The van der Waals surface area contributed by atoms with Crippen molar-refractivity contribution < 1.29 is 14.3 Å². The predicted octanol–water partition coefficient (Wildman–Crippen LogP) is 2.37. The van der Waals surface area contributed by atoms with Gasteiger partial charge in [-0.3, -0.25) is 4.79 Å². The molecule has 0 N–H and O–H groups in total. The summed E-state index contributed by atoms with van der Waals surface area (Å²) >= 11 is 11.7. The monoisotopic (exact) mass is 316 g/mol. The number of hydrogen-bond acceptors (Lipinski definition) is 4. The van der Waals surface area contributed by atoms with Gasteiger partial charge in [-0.2, -0.15) is 0 Å². The van der Waals surface area contributed by atoms with E-state index < -0.39 is 5.79 Å². The molecule has 20 heavy (non-hydrogen) atoms. The zero-order valence-electron chi connectivity index (χ0n) is 10.8. The van der Waals surface area contributed by atoms with Crippen molar-refractivity contribution in [2.24, 2.45) is 0 Å². The Morgan fingerprint density at radius 3 is 2.55 bits per heavy atom. The van der Waals surface area contributed by atoms with Crippen molar-refractivity contribution >= 4 is 29.1 Å². The minimum atomic E-state index is -0.630. The van der Waals surface area contributed by atoms with Crippen LogP contribution < -0.4 is 0 Å². The molecule has 2 saturated heterocycles. The summed E-state index contributed by atoms with van der Waals surface area (Å²) in [5, 5.41) is 0.418. The van der Waals surface area contributed by atoms with Crippen molar-refractivity contribution in [1.82, 2.24) is 9.88 Å². The molecule has 5 nitrogen and oxygen atoms in total. The van der Waals surface area contributed by atoms with E-state index in [1.807, 2.05) is 0 Å². The minimum Gasteiger partial charge on any atom is -0.346 e. The van der Waals surface area contributed by atoms with Crippen molar-refractivity contribution in [1.29, 1.82) is 0 Å². The van der Waals surface area contributed by atoms with Crippen LogP contribution in [0.2, 0.25) is 10.3 Å². The van der Waals surface area contributed by atoms with Crippen LogP contribution in [0.3, 0.4) is 0 Å². The van der Waals surface area contributed by atoms with E-state index in [0.29, 0.717) is 31.9 Å². The number of carbonyl (C=O) groups is 1. The number of carbonyl (C=O) groups excluding carboxylic acids is 1. The van der Waals surface area contributed by atoms with Crippen LogP contribution in [0.1, 0.15) is 23.2 Å². The van der Waals surface area contributed by atoms with Crippen LogP contribution in [0, 0.1) is 0 Å². The number of pyridine rings is 1. The number of likely N-dealkylation sites (tertiary alicyclic amines) is 1. The van der Waals surface area contributed by atoms with Crippen molar-refractivity contribution in [3.05, 3.63) is 28.0 Å². The second-order valence-corrected chi connectivity index (χ2v) is 5.71. The molecule has 0 atom stereocenters. The first kappa shape index (κ1) is 14.1. The summed E-state index contributed by atoms with van der Waals surface area (Å²) in [6.07, 6.45) is 1.66. The summed E-state index contributed by atoms with van der Waals surface area (Å²) < 4.78 is 11.3. The summed E-state index contributed by atoms with van der Waals surface area (Å²) in [6.45, 7) is 2.26. The molecule has 1 amide bonds. The average molecular weight is 317 g/mol. The smallest absolute Gasteiger partial charge is 0.254 e. The molecule has 1 aromatic rings. The molecule has 1 aromatic heterocycles. The highest BCUT2D eigenvalue weighted by Gasteiger charge is 2.42. The molecule has 3 rings (SSSR count). The maximum absolute atomic E-state index is 12.5. The third-order valence-electron chi connectivity index (χ3n) is 3.53. The maximum Gasteiger partial charge on any atom is 0.254 e. The Bertz CT molecular complexity index is 512. The van der Waals surface area contributed by atoms with E-state index in [2.05, 4.69) is 4.98 Å². The molecule has 2 aliphatic rings. The molecule has 108 valence electrons. The van der Waals surface area contributed by atoms with Gasteiger partial charge in [-0.05, 0) is 18.6 Å². The fraction of sp³-hybridized carbons (Fsp3) is 0.538. The first-order chi connectivity index (χ1) is 9.58. The number of rotatable bonds is 1. The van der Waals surface area contributed by atoms with Crippen LogP contribution >= 0.6 is 23.2 Å². The SMILES string of the molecule is O=C(c1cc(Cl)nc(Cl)c1)N1CCCC2(C1)OCCO2. The number of aromatic nitrogens is 1. The standard InChI is InChI=1S/C13H14Cl2N2O3/c14-10-6-9(7-11(15)16-10)12(18)17-3-1-2-13(8-17)19-4-5-20-13/h6-7H,1-5,8H2. The van der Waals surface area contributed by atoms with Gasteiger partial charge in [0.1, 0.15) is 10.3 Å². The van der Waals surface area contributed by atoms with Gasteiger partial charge in [0.2, 0.25) is 0 Å². The van der Waals surface area contributed by atoms with E-state index in [0.717, 1.165) is 12.8 Å². The molecule has 2 fully saturated rings. The summed E-state index contributed by atoms with van der Waals surface area (Å²) in [7, 11) is 0. The summed E-state index contributed by atoms with van der Waals surface area (Å²) in [6, 6.07) is 3.04. The summed E-state index contributed by atoms with van der Waals surface area (Å²) in [5.74, 6) is -0.761. The Morgan fingerprint density at radius 2 is 1.90 bits per heavy atom. The Hall–Kier alpha value is -0.880. The number of halogens is 2. The lowest BCUT2D eigenvalue weighted by atomic mass is 10.0. The molecule has 0 bridgehead atoms. The quantitative estimate of drug-likeness (QED) is 0.746. The van der Waals surface area contributed by atoms with Crippen molar-refractivity contribution in [2.45, 2.75) is 18.6 Å².